The van der Waals surface area contributed by atoms with Gasteiger partial charge in [0, 0.05) is 26.3 Å². The van der Waals surface area contributed by atoms with Crippen molar-refractivity contribution in [1.29, 1.82) is 0 Å². The summed E-state index contributed by atoms with van der Waals surface area (Å²) in [5, 5.41) is 9.21. The molecule has 6 heteroatoms. The Kier molecular flexibility index (Phi) is 11.0. The predicted octanol–water partition coefficient (Wildman–Crippen LogP) is 0.163. The Morgan fingerprint density at radius 1 is 1.22 bits per heavy atom. The Labute approximate surface area is 109 Å². The van der Waals surface area contributed by atoms with E-state index in [9.17, 15) is 9.90 Å². The lowest BCUT2D eigenvalue weighted by atomic mass is 10.1. The Balaban J connectivity index is 4.32. The Morgan fingerprint density at radius 2 is 1.72 bits per heavy atom. The van der Waals surface area contributed by atoms with Crippen molar-refractivity contribution in [3.63, 3.8) is 0 Å². The third-order valence-corrected chi connectivity index (χ3v) is 2.62. The molecule has 0 aliphatic carbocycles. The van der Waals surface area contributed by atoms with Gasteiger partial charge in [-0.25, -0.2) is 0 Å². The van der Waals surface area contributed by atoms with Crippen molar-refractivity contribution >= 4 is 5.97 Å². The summed E-state index contributed by atoms with van der Waals surface area (Å²) < 4.78 is 10.5. The molecule has 0 spiro atoms. The van der Waals surface area contributed by atoms with Gasteiger partial charge in [0.2, 0.25) is 0 Å². The van der Waals surface area contributed by atoms with Gasteiger partial charge in [-0.1, -0.05) is 0 Å². The zero-order chi connectivity index (χ0) is 13.8. The van der Waals surface area contributed by atoms with Gasteiger partial charge in [0.1, 0.15) is 6.04 Å². The highest BCUT2D eigenvalue weighted by Gasteiger charge is 2.24. The molecule has 3 N–H and O–H groups in total. The molecular weight excluding hydrogens is 236 g/mol. The number of aliphatic carboxylic acids is 1. The van der Waals surface area contributed by atoms with Gasteiger partial charge in [-0.05, 0) is 26.8 Å². The molecule has 108 valence electrons. The maximum absolute atomic E-state index is 11.2. The minimum Gasteiger partial charge on any atom is -0.480 e. The molecule has 0 fully saturated rings. The Hall–Kier alpha value is -0.690. The summed E-state index contributed by atoms with van der Waals surface area (Å²) in [6.07, 6.45) is 0.438. The highest BCUT2D eigenvalue weighted by Crippen LogP contribution is 2.04. The van der Waals surface area contributed by atoms with Crippen LogP contribution in [0.4, 0.5) is 0 Å². The number of hydrogen-bond donors (Lipinski definition) is 2. The molecule has 0 aromatic heterocycles. The van der Waals surface area contributed by atoms with Gasteiger partial charge < -0.3 is 20.3 Å². The third-order valence-electron chi connectivity index (χ3n) is 2.62. The van der Waals surface area contributed by atoms with Gasteiger partial charge in [0.05, 0.1) is 13.2 Å². The fourth-order valence-corrected chi connectivity index (χ4v) is 1.70. The van der Waals surface area contributed by atoms with Crippen LogP contribution in [0.1, 0.15) is 20.3 Å². The molecule has 0 amide bonds. The standard InChI is InChI=1S/C12H26N2O4/c1-3-17-9-7-14(8-10-18-4-2)11(5-6-13)12(15)16/h11H,3-10,13H2,1-2H3,(H,15,16). The van der Waals surface area contributed by atoms with E-state index >= 15 is 0 Å². The molecule has 6 nitrogen and oxygen atoms in total. The Bertz CT molecular complexity index is 204. The molecule has 1 unspecified atom stereocenters. The molecule has 0 radical (unpaired) electrons. The number of carboxylic acid groups (broad SMARTS) is 1. The normalized spacial score (nSPS) is 12.9. The molecular formula is C12H26N2O4. The molecule has 0 bridgehead atoms. The van der Waals surface area contributed by atoms with Crippen molar-refractivity contribution in [2.24, 2.45) is 5.73 Å². The number of carboxylic acids is 1. The molecule has 0 aromatic carbocycles. The monoisotopic (exact) mass is 262 g/mol. The first kappa shape index (κ1) is 17.3. The van der Waals surface area contributed by atoms with E-state index in [4.69, 9.17) is 15.2 Å². The molecule has 0 rings (SSSR count). The summed E-state index contributed by atoms with van der Waals surface area (Å²) >= 11 is 0. The fraction of sp³-hybridized carbons (Fsp3) is 0.917. The largest absolute Gasteiger partial charge is 0.480 e. The van der Waals surface area contributed by atoms with Crippen molar-refractivity contribution in [3.05, 3.63) is 0 Å². The molecule has 0 aliphatic heterocycles. The smallest absolute Gasteiger partial charge is 0.320 e. The van der Waals surface area contributed by atoms with Crippen LogP contribution in [0, 0.1) is 0 Å². The van der Waals surface area contributed by atoms with E-state index in [-0.39, 0.29) is 0 Å². The summed E-state index contributed by atoms with van der Waals surface area (Å²) in [6, 6.07) is -0.559. The summed E-state index contributed by atoms with van der Waals surface area (Å²) in [5.74, 6) is -0.839. The molecule has 0 aromatic rings. The minimum absolute atomic E-state index is 0.358. The number of nitrogens with two attached hydrogens (primary N) is 1. The highest BCUT2D eigenvalue weighted by atomic mass is 16.5. The lowest BCUT2D eigenvalue weighted by molar-refractivity contribution is -0.144. The van der Waals surface area contributed by atoms with Crippen molar-refractivity contribution in [2.45, 2.75) is 26.3 Å². The fourth-order valence-electron chi connectivity index (χ4n) is 1.70. The molecule has 0 heterocycles. The van der Waals surface area contributed by atoms with Crippen LogP contribution < -0.4 is 5.73 Å². The second-order valence-electron chi connectivity index (χ2n) is 3.86. The van der Waals surface area contributed by atoms with Gasteiger partial charge in [-0.15, -0.1) is 0 Å². The van der Waals surface area contributed by atoms with Crippen LogP contribution in [0.2, 0.25) is 0 Å². The number of ether oxygens (including phenoxy) is 2. The Morgan fingerprint density at radius 3 is 2.06 bits per heavy atom. The molecule has 0 saturated carbocycles. The minimum atomic E-state index is -0.839. The van der Waals surface area contributed by atoms with Gasteiger partial charge in [-0.2, -0.15) is 0 Å². The molecule has 0 aliphatic rings. The first-order valence-electron chi connectivity index (χ1n) is 6.49. The van der Waals surface area contributed by atoms with Crippen LogP contribution in [0.3, 0.4) is 0 Å². The van der Waals surface area contributed by atoms with E-state index in [1.807, 2.05) is 18.7 Å². The third kappa shape index (κ3) is 7.60. The van der Waals surface area contributed by atoms with Gasteiger partial charge >= 0.3 is 5.97 Å². The predicted molar refractivity (Wildman–Crippen MR) is 69.7 cm³/mol. The highest BCUT2D eigenvalue weighted by molar-refractivity contribution is 5.73. The molecule has 1 atom stereocenters. The van der Waals surface area contributed by atoms with Gasteiger partial charge in [-0.3, -0.25) is 9.69 Å². The lowest BCUT2D eigenvalue weighted by Crippen LogP contribution is -2.45. The quantitative estimate of drug-likeness (QED) is 0.487. The molecule has 0 saturated heterocycles. The van der Waals surface area contributed by atoms with E-state index in [0.29, 0.717) is 52.5 Å². The topological polar surface area (TPSA) is 85.0 Å². The number of carbonyl (C=O) groups is 1. The summed E-state index contributed by atoms with van der Waals surface area (Å²) in [5.41, 5.74) is 5.46. The zero-order valence-electron chi connectivity index (χ0n) is 11.4. The second kappa shape index (κ2) is 11.4. The summed E-state index contributed by atoms with van der Waals surface area (Å²) in [7, 11) is 0. The maximum atomic E-state index is 11.2. The van der Waals surface area contributed by atoms with Crippen LogP contribution in [-0.4, -0.2) is 68.1 Å². The van der Waals surface area contributed by atoms with Crippen LogP contribution >= 0.6 is 0 Å². The van der Waals surface area contributed by atoms with E-state index in [0.717, 1.165) is 0 Å². The van der Waals surface area contributed by atoms with Crippen molar-refractivity contribution in [1.82, 2.24) is 4.90 Å². The van der Waals surface area contributed by atoms with Gasteiger partial charge in [0.15, 0.2) is 0 Å². The first-order valence-corrected chi connectivity index (χ1v) is 6.49. The van der Waals surface area contributed by atoms with E-state index in [1.165, 1.54) is 0 Å². The van der Waals surface area contributed by atoms with E-state index in [2.05, 4.69) is 0 Å². The van der Waals surface area contributed by atoms with Crippen LogP contribution in [0.25, 0.3) is 0 Å². The summed E-state index contributed by atoms with van der Waals surface area (Å²) in [4.78, 5) is 13.1. The van der Waals surface area contributed by atoms with Crippen LogP contribution in [-0.2, 0) is 14.3 Å². The number of nitrogens with zero attached hydrogens (tertiary/aromatic N) is 1. The van der Waals surface area contributed by atoms with Gasteiger partial charge in [0.25, 0.3) is 0 Å². The van der Waals surface area contributed by atoms with Crippen LogP contribution in [0.15, 0.2) is 0 Å². The van der Waals surface area contributed by atoms with E-state index < -0.39 is 12.0 Å². The number of rotatable bonds is 12. The van der Waals surface area contributed by atoms with Crippen molar-refractivity contribution in [3.8, 4) is 0 Å². The van der Waals surface area contributed by atoms with Crippen molar-refractivity contribution < 1.29 is 19.4 Å². The number of hydrogen-bond acceptors (Lipinski definition) is 5. The van der Waals surface area contributed by atoms with Crippen molar-refractivity contribution in [2.75, 3.05) is 46.1 Å². The van der Waals surface area contributed by atoms with E-state index in [1.54, 1.807) is 0 Å². The average Bonchev–Trinajstić information content (AvgIpc) is 2.34. The zero-order valence-corrected chi connectivity index (χ0v) is 11.4. The average molecular weight is 262 g/mol. The second-order valence-corrected chi connectivity index (χ2v) is 3.86. The SMILES string of the molecule is CCOCCN(CCOCC)C(CCN)C(=O)O. The maximum Gasteiger partial charge on any atom is 0.320 e. The van der Waals surface area contributed by atoms with Crippen LogP contribution in [0.5, 0.6) is 0 Å². The molecule has 18 heavy (non-hydrogen) atoms. The lowest BCUT2D eigenvalue weighted by Gasteiger charge is -2.28. The first-order chi connectivity index (χ1) is 8.67. The summed E-state index contributed by atoms with van der Waals surface area (Å²) in [6.45, 7) is 7.67.